The number of hydrogen-bond acceptors (Lipinski definition) is 2. The van der Waals surface area contributed by atoms with Crippen molar-refractivity contribution in [2.45, 2.75) is 64.2 Å². The first-order chi connectivity index (χ1) is 8.00. The van der Waals surface area contributed by atoms with E-state index in [1.54, 1.807) is 0 Å². The largest absolute Gasteiger partial charge is 0.358 e. The van der Waals surface area contributed by atoms with E-state index in [0.29, 0.717) is 0 Å². The third-order valence-electron chi connectivity index (χ3n) is 2.50. The molecule has 99 valence electrons. The molecule has 0 N–H and O–H groups in total. The summed E-state index contributed by atoms with van der Waals surface area (Å²) in [6.45, 7) is 9.50. The second-order valence-corrected chi connectivity index (χ2v) is 3.54. The molecular formula is C14H25N2V-3. The maximum absolute atomic E-state index is 6.25. The summed E-state index contributed by atoms with van der Waals surface area (Å²) in [6.07, 6.45) is 15.0. The quantitative estimate of drug-likeness (QED) is 0.609. The minimum absolute atomic E-state index is 0. The third kappa shape index (κ3) is 31.3. The molecule has 3 heteroatoms. The minimum Gasteiger partial charge on any atom is -0.358 e. The molecule has 0 aromatic heterocycles. The Balaban J connectivity index is -0.0000000672. The van der Waals surface area contributed by atoms with Crippen LogP contribution in [0.15, 0.2) is 0 Å². The Kier molecular flexibility index (Phi) is 53.8. The van der Waals surface area contributed by atoms with Crippen molar-refractivity contribution in [3.05, 3.63) is 20.6 Å². The summed E-state index contributed by atoms with van der Waals surface area (Å²) in [5.41, 5.74) is 0. The van der Waals surface area contributed by atoms with Crippen LogP contribution in [-0.4, -0.2) is 5.23 Å². The molecule has 0 aliphatic heterocycles. The van der Waals surface area contributed by atoms with Crippen LogP contribution in [0.1, 0.15) is 64.2 Å². The molecule has 0 aromatic rings. The van der Waals surface area contributed by atoms with Gasteiger partial charge in [0.25, 0.3) is 0 Å². The second-order valence-electron chi connectivity index (χ2n) is 3.54. The predicted octanol–water partition coefficient (Wildman–Crippen LogP) is 4.51. The van der Waals surface area contributed by atoms with E-state index < -0.39 is 0 Å². The summed E-state index contributed by atoms with van der Waals surface area (Å²) in [5, 5.41) is 15.7. The van der Waals surface area contributed by atoms with E-state index in [4.69, 9.17) is 23.7 Å². The van der Waals surface area contributed by atoms with Gasteiger partial charge in [0, 0.05) is 0 Å². The molecule has 0 heterocycles. The van der Waals surface area contributed by atoms with Crippen LogP contribution in [0, 0.1) is 31.1 Å². The molecule has 17 heavy (non-hydrogen) atoms. The average Bonchev–Trinajstić information content (AvgIpc) is 3.14. The Bertz CT molecular complexity index is 104. The van der Waals surface area contributed by atoms with Crippen LogP contribution >= 0.6 is 0 Å². The van der Waals surface area contributed by atoms with Crippen molar-refractivity contribution in [1.82, 2.24) is 0 Å². The first kappa shape index (κ1) is 25.3. The standard InChI is InChI=1S/2C5H10.2CN.CH3.CH2.V/c2*1-2-4-5-3-1;2*1-2;;;/h2*1-5H2;;;1H3;1H2;/q;;3*-1;;. The van der Waals surface area contributed by atoms with Crippen LogP contribution in [0.3, 0.4) is 0 Å². The molecule has 2 nitrogen and oxygen atoms in total. The molecule has 0 saturated heterocycles. The molecule has 0 atom stereocenters. The van der Waals surface area contributed by atoms with Gasteiger partial charge < -0.3 is 31.1 Å². The van der Waals surface area contributed by atoms with E-state index in [2.05, 4.69) is 22.2 Å². The van der Waals surface area contributed by atoms with E-state index >= 15 is 0 Å². The molecule has 2 fully saturated rings. The normalized spacial score (nSPS) is 14.5. The molecular weight excluding hydrogens is 247 g/mol. The van der Waals surface area contributed by atoms with Crippen molar-refractivity contribution >= 4 is 5.23 Å². The van der Waals surface area contributed by atoms with Gasteiger partial charge in [0.15, 0.2) is 0 Å². The topological polar surface area (TPSA) is 47.6 Å². The SMILES string of the molecule is C1CCCC1.C1CCCC1.[C-]#N.[C-]#N.[CH2]=[V].[CH3-]. The van der Waals surface area contributed by atoms with E-state index in [1.807, 2.05) is 0 Å². The van der Waals surface area contributed by atoms with Crippen LogP contribution in [0.25, 0.3) is 0 Å². The first-order valence-electron chi connectivity index (χ1n) is 5.76. The number of nitrogens with zero attached hydrogens (tertiary/aromatic N) is 2. The van der Waals surface area contributed by atoms with Crippen molar-refractivity contribution < 1.29 is 17.0 Å². The van der Waals surface area contributed by atoms with Gasteiger partial charge in [-0.1, -0.05) is 64.2 Å². The Morgan fingerprint density at radius 1 is 0.529 bits per heavy atom. The third-order valence-corrected chi connectivity index (χ3v) is 2.50. The van der Waals surface area contributed by atoms with Crippen molar-refractivity contribution in [2.75, 3.05) is 0 Å². The van der Waals surface area contributed by atoms with E-state index in [0.717, 1.165) is 0 Å². The monoisotopic (exact) mass is 272 g/mol. The Morgan fingerprint density at radius 3 is 0.647 bits per heavy atom. The van der Waals surface area contributed by atoms with Crippen LogP contribution < -0.4 is 0 Å². The Hall–Kier alpha value is -0.566. The van der Waals surface area contributed by atoms with Gasteiger partial charge in [0.1, 0.15) is 0 Å². The van der Waals surface area contributed by atoms with Crippen molar-refractivity contribution in [3.8, 4) is 0 Å². The van der Waals surface area contributed by atoms with Gasteiger partial charge in [-0.3, -0.25) is 0 Å². The van der Waals surface area contributed by atoms with Crippen LogP contribution in [0.5, 0.6) is 0 Å². The number of rotatable bonds is 0. The van der Waals surface area contributed by atoms with E-state index in [-0.39, 0.29) is 7.43 Å². The fraction of sp³-hybridized carbons (Fsp3) is 0.714. The molecule has 0 unspecified atom stereocenters. The summed E-state index contributed by atoms with van der Waals surface area (Å²) in [7, 11) is 0. The summed E-state index contributed by atoms with van der Waals surface area (Å²) in [5.74, 6) is 0. The minimum atomic E-state index is 0. The summed E-state index contributed by atoms with van der Waals surface area (Å²) in [4.78, 5) is 0. The summed E-state index contributed by atoms with van der Waals surface area (Å²) >= 11 is 2.06. The van der Waals surface area contributed by atoms with Crippen LogP contribution in [0.2, 0.25) is 0 Å². The van der Waals surface area contributed by atoms with E-state index in [1.165, 1.54) is 64.2 Å². The maximum atomic E-state index is 6.25. The van der Waals surface area contributed by atoms with Crippen molar-refractivity contribution in [2.24, 2.45) is 0 Å². The average molecular weight is 272 g/mol. The fourth-order valence-electron chi connectivity index (χ4n) is 1.77. The molecule has 2 aliphatic carbocycles. The summed E-state index contributed by atoms with van der Waals surface area (Å²) < 4.78 is 0. The van der Waals surface area contributed by atoms with Crippen molar-refractivity contribution in [3.63, 3.8) is 0 Å². The first-order valence-corrected chi connectivity index (χ1v) is 6.75. The second kappa shape index (κ2) is 36.1. The van der Waals surface area contributed by atoms with Gasteiger partial charge in [-0.2, -0.15) is 0 Å². The zero-order valence-corrected chi connectivity index (χ0v) is 12.5. The van der Waals surface area contributed by atoms with Crippen LogP contribution in [-0.2, 0) is 17.0 Å². The van der Waals surface area contributed by atoms with Gasteiger partial charge >= 0.3 is 22.2 Å². The predicted molar refractivity (Wildman–Crippen MR) is 69.6 cm³/mol. The van der Waals surface area contributed by atoms with Gasteiger partial charge in [-0.05, 0) is 0 Å². The van der Waals surface area contributed by atoms with Gasteiger partial charge in [-0.25, -0.2) is 0 Å². The van der Waals surface area contributed by atoms with Gasteiger partial charge in [0.2, 0.25) is 0 Å². The smallest absolute Gasteiger partial charge is 0.358 e. The van der Waals surface area contributed by atoms with E-state index in [9.17, 15) is 0 Å². The molecule has 2 aliphatic rings. The van der Waals surface area contributed by atoms with Crippen molar-refractivity contribution in [1.29, 1.82) is 10.5 Å². The zero-order valence-electron chi connectivity index (χ0n) is 11.1. The number of hydrogen-bond donors (Lipinski definition) is 0. The van der Waals surface area contributed by atoms with Gasteiger partial charge in [-0.15, -0.1) is 0 Å². The molecule has 2 rings (SSSR count). The Labute approximate surface area is 118 Å². The maximum Gasteiger partial charge on any atom is -0.358 e. The Morgan fingerprint density at radius 2 is 0.588 bits per heavy atom. The molecule has 0 aromatic carbocycles. The molecule has 2 saturated carbocycles. The summed E-state index contributed by atoms with van der Waals surface area (Å²) in [6, 6.07) is 0. The molecule has 0 radical (unpaired) electrons. The zero-order chi connectivity index (χ0) is 13.1. The fourth-order valence-corrected chi connectivity index (χ4v) is 1.77. The molecule has 0 bridgehead atoms. The van der Waals surface area contributed by atoms with Gasteiger partial charge in [0.05, 0.1) is 0 Å². The van der Waals surface area contributed by atoms with Crippen LogP contribution in [0.4, 0.5) is 0 Å². The molecule has 0 spiro atoms. The molecule has 0 amide bonds.